The van der Waals surface area contributed by atoms with Gasteiger partial charge in [-0.25, -0.2) is 14.5 Å². The van der Waals surface area contributed by atoms with Crippen molar-refractivity contribution in [3.63, 3.8) is 0 Å². The van der Waals surface area contributed by atoms with Crippen LogP contribution in [-0.2, 0) is 17.8 Å². The second kappa shape index (κ2) is 10.8. The van der Waals surface area contributed by atoms with E-state index in [1.165, 1.54) is 4.68 Å². The van der Waals surface area contributed by atoms with Crippen LogP contribution in [0.3, 0.4) is 0 Å². The summed E-state index contributed by atoms with van der Waals surface area (Å²) in [6.07, 6.45) is 1.03. The summed E-state index contributed by atoms with van der Waals surface area (Å²) in [6, 6.07) is 9.26. The number of fused-ring (bicyclic) bond motifs is 1. The molecule has 0 aliphatic heterocycles. The van der Waals surface area contributed by atoms with Gasteiger partial charge in [-0.05, 0) is 53.2 Å². The van der Waals surface area contributed by atoms with E-state index in [-0.39, 0.29) is 18.6 Å². The number of imidazole rings is 1. The van der Waals surface area contributed by atoms with Gasteiger partial charge in [-0.15, -0.1) is 5.92 Å². The lowest BCUT2D eigenvalue weighted by molar-refractivity contribution is 0.0475. The summed E-state index contributed by atoms with van der Waals surface area (Å²) in [5, 5.41) is 16.6. The summed E-state index contributed by atoms with van der Waals surface area (Å²) in [5.41, 5.74) is 0.378. The Morgan fingerprint density at radius 1 is 1.22 bits per heavy atom. The van der Waals surface area contributed by atoms with Gasteiger partial charge in [0.05, 0.1) is 36.5 Å². The molecule has 0 aliphatic carbocycles. The van der Waals surface area contributed by atoms with E-state index in [2.05, 4.69) is 33.3 Å². The minimum Gasteiger partial charge on any atom is -0.444 e. The van der Waals surface area contributed by atoms with E-state index in [1.54, 1.807) is 35.9 Å². The van der Waals surface area contributed by atoms with Gasteiger partial charge >= 0.3 is 6.09 Å². The number of carbonyl (C=O) groups excluding carboxylic acids is 1. The van der Waals surface area contributed by atoms with Crippen LogP contribution in [0.5, 0.6) is 0 Å². The maximum Gasteiger partial charge on any atom is 0.408 e. The van der Waals surface area contributed by atoms with Crippen LogP contribution in [-0.4, -0.2) is 50.2 Å². The number of nitrogens with zero attached hydrogens (tertiary/aromatic N) is 6. The molecule has 1 aromatic carbocycles. The van der Waals surface area contributed by atoms with E-state index < -0.39 is 17.2 Å². The predicted octanol–water partition coefficient (Wildman–Crippen LogP) is 3.28. The molecule has 1 amide bonds. The first-order chi connectivity index (χ1) is 17.3. The largest absolute Gasteiger partial charge is 0.444 e. The van der Waals surface area contributed by atoms with Crippen molar-refractivity contribution in [2.24, 2.45) is 0 Å². The van der Waals surface area contributed by atoms with Crippen LogP contribution in [0.4, 0.5) is 10.7 Å². The van der Waals surface area contributed by atoms with Gasteiger partial charge in [0.2, 0.25) is 5.95 Å². The monoisotopic (exact) mass is 503 g/mol. The van der Waals surface area contributed by atoms with Crippen LogP contribution in [0.25, 0.3) is 11.0 Å². The summed E-state index contributed by atoms with van der Waals surface area (Å²) in [4.78, 5) is 32.4. The quantitative estimate of drug-likeness (QED) is 0.492. The molecule has 0 radical (unpaired) electrons. The number of benzene rings is 1. The van der Waals surface area contributed by atoms with Crippen molar-refractivity contribution in [3.8, 4) is 17.9 Å². The van der Waals surface area contributed by atoms with Crippen LogP contribution in [0.1, 0.15) is 52.7 Å². The maximum absolute atomic E-state index is 13.5. The molecular formula is C27H33N7O3. The van der Waals surface area contributed by atoms with Gasteiger partial charge in [-0.1, -0.05) is 24.1 Å². The molecule has 10 heteroatoms. The van der Waals surface area contributed by atoms with Crippen LogP contribution < -0.4 is 15.8 Å². The predicted molar refractivity (Wildman–Crippen MR) is 142 cm³/mol. The van der Waals surface area contributed by atoms with E-state index in [0.717, 1.165) is 0 Å². The second-order valence-electron chi connectivity index (χ2n) is 10.4. The van der Waals surface area contributed by atoms with Crippen molar-refractivity contribution in [2.45, 2.75) is 65.8 Å². The number of nitriles is 1. The number of anilines is 1. The zero-order valence-electron chi connectivity index (χ0n) is 22.4. The van der Waals surface area contributed by atoms with Crippen LogP contribution >= 0.6 is 0 Å². The molecule has 2 aromatic heterocycles. The minimum atomic E-state index is -0.671. The van der Waals surface area contributed by atoms with Crippen molar-refractivity contribution in [3.05, 3.63) is 51.9 Å². The van der Waals surface area contributed by atoms with Gasteiger partial charge < -0.3 is 15.0 Å². The summed E-state index contributed by atoms with van der Waals surface area (Å²) < 4.78 is 8.48. The number of amides is 1. The Labute approximate surface area is 216 Å². The number of alkyl carbamates (subject to hydrolysis) is 1. The third kappa shape index (κ3) is 6.68. The second-order valence-corrected chi connectivity index (χ2v) is 10.4. The molecule has 37 heavy (non-hydrogen) atoms. The highest BCUT2D eigenvalue weighted by atomic mass is 16.6. The van der Waals surface area contributed by atoms with Crippen LogP contribution in [0.15, 0.2) is 35.3 Å². The number of hydrogen-bond donors (Lipinski definition) is 1. The Morgan fingerprint density at radius 3 is 2.57 bits per heavy atom. The lowest BCUT2D eigenvalue weighted by Crippen LogP contribution is -2.52. The SMILES string of the molecule is CC#CCn1c(N(C)CC(C)(C)NC(=O)OC(C)(C)C)nc2cnn(Cc3ccccc3C#N)c(=O)c21. The highest BCUT2D eigenvalue weighted by molar-refractivity contribution is 5.77. The summed E-state index contributed by atoms with van der Waals surface area (Å²) in [6.45, 7) is 11.7. The van der Waals surface area contributed by atoms with Gasteiger partial charge in [0.25, 0.3) is 5.56 Å². The Hall–Kier alpha value is -4.31. The zero-order valence-corrected chi connectivity index (χ0v) is 22.4. The number of likely N-dealkylation sites (N-methyl/N-ethyl adjacent to an activating group) is 1. The van der Waals surface area contributed by atoms with Crippen molar-refractivity contribution in [1.29, 1.82) is 5.26 Å². The van der Waals surface area contributed by atoms with Crippen molar-refractivity contribution >= 4 is 23.1 Å². The van der Waals surface area contributed by atoms with Gasteiger partial charge in [0.1, 0.15) is 16.6 Å². The normalized spacial score (nSPS) is 11.4. The molecule has 2 heterocycles. The first-order valence-electron chi connectivity index (χ1n) is 11.9. The standard InChI is InChI=1S/C27H33N7O3/c1-8-9-14-33-22-21(16-29-34(23(22)35)17-20-13-11-10-12-19(20)15-28)30-24(33)32(7)18-27(5,6)31-25(36)37-26(2,3)4/h10-13,16H,14,17-18H2,1-7H3,(H,31,36). The van der Waals surface area contributed by atoms with Crippen molar-refractivity contribution in [1.82, 2.24) is 24.6 Å². The lowest BCUT2D eigenvalue weighted by Gasteiger charge is -2.32. The number of hydrogen-bond acceptors (Lipinski definition) is 7. The molecular weight excluding hydrogens is 470 g/mol. The first-order valence-corrected chi connectivity index (χ1v) is 11.9. The average Bonchev–Trinajstić information content (AvgIpc) is 3.17. The van der Waals surface area contributed by atoms with E-state index >= 15 is 0 Å². The van der Waals surface area contributed by atoms with E-state index in [1.807, 2.05) is 52.6 Å². The molecule has 0 bridgehead atoms. The smallest absolute Gasteiger partial charge is 0.408 e. The molecule has 3 aromatic rings. The lowest BCUT2D eigenvalue weighted by atomic mass is 10.1. The molecule has 0 fully saturated rings. The molecule has 3 rings (SSSR count). The molecule has 0 spiro atoms. The average molecular weight is 504 g/mol. The van der Waals surface area contributed by atoms with E-state index in [0.29, 0.717) is 34.7 Å². The Bertz CT molecular complexity index is 1460. The summed E-state index contributed by atoms with van der Waals surface area (Å²) in [7, 11) is 1.84. The molecule has 0 saturated carbocycles. The van der Waals surface area contributed by atoms with Crippen LogP contribution in [0.2, 0.25) is 0 Å². The number of rotatable bonds is 7. The summed E-state index contributed by atoms with van der Waals surface area (Å²) >= 11 is 0. The fraction of sp³-hybridized carbons (Fsp3) is 0.444. The Balaban J connectivity index is 1.98. The third-order valence-electron chi connectivity index (χ3n) is 5.42. The Kier molecular flexibility index (Phi) is 7.93. The highest BCUT2D eigenvalue weighted by Gasteiger charge is 2.28. The highest BCUT2D eigenvalue weighted by Crippen LogP contribution is 2.21. The summed E-state index contributed by atoms with van der Waals surface area (Å²) in [5.74, 6) is 6.41. The number of ether oxygens (including phenoxy) is 1. The van der Waals surface area contributed by atoms with E-state index in [4.69, 9.17) is 4.74 Å². The van der Waals surface area contributed by atoms with Crippen molar-refractivity contribution in [2.75, 3.05) is 18.5 Å². The number of nitrogens with one attached hydrogen (secondary N) is 1. The fourth-order valence-electron chi connectivity index (χ4n) is 4.00. The maximum atomic E-state index is 13.5. The Morgan fingerprint density at radius 2 is 1.92 bits per heavy atom. The van der Waals surface area contributed by atoms with Crippen LogP contribution in [0, 0.1) is 23.2 Å². The van der Waals surface area contributed by atoms with Crippen molar-refractivity contribution < 1.29 is 9.53 Å². The molecule has 0 unspecified atom stereocenters. The first kappa shape index (κ1) is 27.3. The topological polar surface area (TPSA) is 118 Å². The van der Waals surface area contributed by atoms with Gasteiger partial charge in [-0.2, -0.15) is 10.4 Å². The number of carbonyl (C=O) groups is 1. The molecule has 0 aliphatic rings. The van der Waals surface area contributed by atoms with Gasteiger partial charge in [0, 0.05) is 13.6 Å². The third-order valence-corrected chi connectivity index (χ3v) is 5.42. The van der Waals surface area contributed by atoms with Gasteiger partial charge in [0.15, 0.2) is 0 Å². The molecule has 10 nitrogen and oxygen atoms in total. The van der Waals surface area contributed by atoms with Gasteiger partial charge in [-0.3, -0.25) is 9.36 Å². The molecule has 1 N–H and O–H groups in total. The fourth-order valence-corrected chi connectivity index (χ4v) is 4.00. The molecule has 0 atom stereocenters. The number of aromatic nitrogens is 4. The zero-order chi connectivity index (χ0) is 27.4. The molecule has 194 valence electrons. The molecule has 0 saturated heterocycles. The minimum absolute atomic E-state index is 0.154. The van der Waals surface area contributed by atoms with E-state index in [9.17, 15) is 14.9 Å².